The second-order valence-electron chi connectivity index (χ2n) is 3.19. The molecule has 1 heterocycles. The van der Waals surface area contributed by atoms with Crippen LogP contribution in [0.25, 0.3) is 0 Å². The molecule has 1 aliphatic rings. The average Bonchev–Trinajstić information content (AvgIpc) is 2.13. The van der Waals surface area contributed by atoms with Gasteiger partial charge in [-0.1, -0.05) is 0 Å². The van der Waals surface area contributed by atoms with Gasteiger partial charge >= 0.3 is 0 Å². The zero-order chi connectivity index (χ0) is 9.52. The van der Waals surface area contributed by atoms with E-state index in [4.69, 9.17) is 4.74 Å². The highest BCUT2D eigenvalue weighted by Crippen LogP contribution is 1.96. The fourth-order valence-electron chi connectivity index (χ4n) is 1.21. The Balaban J connectivity index is 2.10. The molecule has 1 rings (SSSR count). The molecule has 0 saturated carbocycles. The normalized spacial score (nSPS) is 22.0. The van der Waals surface area contributed by atoms with Crippen LogP contribution in [-0.2, 0) is 4.74 Å². The minimum absolute atomic E-state index is 0.534. The summed E-state index contributed by atoms with van der Waals surface area (Å²) in [6.45, 7) is 7.43. The van der Waals surface area contributed by atoms with Crippen LogP contribution < -0.4 is 10.6 Å². The highest BCUT2D eigenvalue weighted by atomic mass is 16.5. The molecule has 0 bridgehead atoms. The Bertz CT molecular complexity index is 170. The average molecular weight is 185 g/mol. The second kappa shape index (κ2) is 5.80. The van der Waals surface area contributed by atoms with Gasteiger partial charge in [0.2, 0.25) is 0 Å². The molecule has 0 saturated heterocycles. The van der Waals surface area contributed by atoms with E-state index in [0.29, 0.717) is 6.04 Å². The lowest BCUT2D eigenvalue weighted by Gasteiger charge is -2.21. The monoisotopic (exact) mass is 185 g/mol. The van der Waals surface area contributed by atoms with Gasteiger partial charge in [-0.15, -0.1) is 0 Å². The molecule has 0 aromatic heterocycles. The molecule has 13 heavy (non-hydrogen) atoms. The minimum Gasteiger partial charge on any atom is -0.380 e. The van der Waals surface area contributed by atoms with E-state index >= 15 is 0 Å². The number of hydrogen-bond donors (Lipinski definition) is 2. The van der Waals surface area contributed by atoms with Gasteiger partial charge in [0.05, 0.1) is 6.61 Å². The maximum atomic E-state index is 5.21. The molecular formula is C9H19N3O. The Kier molecular flexibility index (Phi) is 4.60. The van der Waals surface area contributed by atoms with Crippen molar-refractivity contribution in [3.8, 4) is 0 Å². The Morgan fingerprint density at radius 2 is 2.54 bits per heavy atom. The first-order valence-corrected chi connectivity index (χ1v) is 4.95. The van der Waals surface area contributed by atoms with Crippen molar-refractivity contribution in [3.63, 3.8) is 0 Å². The minimum atomic E-state index is 0.534. The summed E-state index contributed by atoms with van der Waals surface area (Å²) in [4.78, 5) is 4.32. The van der Waals surface area contributed by atoms with Crippen LogP contribution in [0.15, 0.2) is 4.99 Å². The Morgan fingerprint density at radius 1 is 1.69 bits per heavy atom. The first-order valence-electron chi connectivity index (χ1n) is 4.95. The van der Waals surface area contributed by atoms with E-state index in [1.165, 1.54) is 0 Å². The predicted molar refractivity (Wildman–Crippen MR) is 54.0 cm³/mol. The van der Waals surface area contributed by atoms with Crippen molar-refractivity contribution in [2.24, 2.45) is 4.99 Å². The van der Waals surface area contributed by atoms with Crippen molar-refractivity contribution in [1.82, 2.24) is 10.6 Å². The summed E-state index contributed by atoms with van der Waals surface area (Å²) in [5.41, 5.74) is 0. The number of nitrogens with zero attached hydrogens (tertiary/aromatic N) is 1. The van der Waals surface area contributed by atoms with Crippen LogP contribution in [0.5, 0.6) is 0 Å². The molecular weight excluding hydrogens is 166 g/mol. The summed E-state index contributed by atoms with van der Waals surface area (Å²) in [5, 5.41) is 6.48. The molecule has 4 heteroatoms. The maximum absolute atomic E-state index is 5.21. The van der Waals surface area contributed by atoms with E-state index in [-0.39, 0.29) is 0 Å². The van der Waals surface area contributed by atoms with Gasteiger partial charge in [-0.25, -0.2) is 0 Å². The van der Waals surface area contributed by atoms with E-state index < -0.39 is 0 Å². The van der Waals surface area contributed by atoms with E-state index in [2.05, 4.69) is 22.5 Å². The fourth-order valence-corrected chi connectivity index (χ4v) is 1.21. The van der Waals surface area contributed by atoms with E-state index in [1.54, 1.807) is 0 Å². The molecule has 0 aliphatic carbocycles. The second-order valence-corrected chi connectivity index (χ2v) is 3.19. The molecule has 1 aliphatic heterocycles. The van der Waals surface area contributed by atoms with Crippen molar-refractivity contribution in [2.45, 2.75) is 26.3 Å². The number of rotatable bonds is 4. The number of guanidine groups is 1. The summed E-state index contributed by atoms with van der Waals surface area (Å²) in [5.74, 6) is 0.915. The zero-order valence-electron chi connectivity index (χ0n) is 8.47. The number of hydrogen-bond acceptors (Lipinski definition) is 4. The molecule has 0 amide bonds. The van der Waals surface area contributed by atoms with Crippen molar-refractivity contribution >= 4 is 5.96 Å². The number of ether oxygens (including phenoxy) is 1. The van der Waals surface area contributed by atoms with Crippen LogP contribution in [0, 0.1) is 0 Å². The van der Waals surface area contributed by atoms with Crippen molar-refractivity contribution in [2.75, 3.05) is 26.3 Å². The predicted octanol–water partition coefficient (Wildman–Crippen LogP) is 0.350. The van der Waals surface area contributed by atoms with Crippen LogP contribution in [-0.4, -0.2) is 38.3 Å². The first-order chi connectivity index (χ1) is 6.33. The van der Waals surface area contributed by atoms with E-state index in [9.17, 15) is 0 Å². The molecule has 1 unspecified atom stereocenters. The van der Waals surface area contributed by atoms with E-state index in [1.807, 2.05) is 6.92 Å². The van der Waals surface area contributed by atoms with Gasteiger partial charge in [-0.3, -0.25) is 4.99 Å². The number of nitrogens with one attached hydrogen (secondary N) is 2. The first kappa shape index (κ1) is 10.3. The number of aliphatic imine (C=N–C) groups is 1. The van der Waals surface area contributed by atoms with Crippen LogP contribution >= 0.6 is 0 Å². The highest BCUT2D eigenvalue weighted by Gasteiger charge is 2.09. The van der Waals surface area contributed by atoms with Crippen molar-refractivity contribution in [3.05, 3.63) is 0 Å². The van der Waals surface area contributed by atoms with Gasteiger partial charge in [-0.2, -0.15) is 0 Å². The van der Waals surface area contributed by atoms with Crippen LogP contribution in [0.3, 0.4) is 0 Å². The lowest BCUT2D eigenvalue weighted by atomic mass is 10.2. The zero-order valence-corrected chi connectivity index (χ0v) is 8.47. The van der Waals surface area contributed by atoms with Gasteiger partial charge in [0.1, 0.15) is 0 Å². The van der Waals surface area contributed by atoms with Gasteiger partial charge in [0.15, 0.2) is 5.96 Å². The smallest absolute Gasteiger partial charge is 0.191 e. The largest absolute Gasteiger partial charge is 0.380 e. The topological polar surface area (TPSA) is 45.6 Å². The Morgan fingerprint density at radius 3 is 3.23 bits per heavy atom. The summed E-state index contributed by atoms with van der Waals surface area (Å²) >= 11 is 0. The third kappa shape index (κ3) is 4.12. The SMILES string of the molecule is CCOCCNC1=NCCC(C)N1. The molecule has 0 aromatic rings. The van der Waals surface area contributed by atoms with Gasteiger partial charge < -0.3 is 15.4 Å². The molecule has 0 spiro atoms. The molecule has 76 valence electrons. The summed E-state index contributed by atoms with van der Waals surface area (Å²) in [6.07, 6.45) is 1.12. The van der Waals surface area contributed by atoms with Crippen LogP contribution in [0.4, 0.5) is 0 Å². The summed E-state index contributed by atoms with van der Waals surface area (Å²) in [6, 6.07) is 0.534. The summed E-state index contributed by atoms with van der Waals surface area (Å²) in [7, 11) is 0. The Hall–Kier alpha value is -0.770. The molecule has 2 N–H and O–H groups in total. The van der Waals surface area contributed by atoms with Gasteiger partial charge in [0.25, 0.3) is 0 Å². The molecule has 4 nitrogen and oxygen atoms in total. The summed E-state index contributed by atoms with van der Waals surface area (Å²) < 4.78 is 5.21. The maximum Gasteiger partial charge on any atom is 0.191 e. The van der Waals surface area contributed by atoms with Gasteiger partial charge in [-0.05, 0) is 20.3 Å². The molecule has 0 aromatic carbocycles. The molecule has 0 radical (unpaired) electrons. The Labute approximate surface area is 79.8 Å². The van der Waals surface area contributed by atoms with Crippen molar-refractivity contribution < 1.29 is 4.74 Å². The quantitative estimate of drug-likeness (QED) is 0.621. The lowest BCUT2D eigenvalue weighted by Crippen LogP contribution is -2.46. The van der Waals surface area contributed by atoms with Crippen molar-refractivity contribution in [1.29, 1.82) is 0 Å². The highest BCUT2D eigenvalue weighted by molar-refractivity contribution is 5.80. The fraction of sp³-hybridized carbons (Fsp3) is 0.889. The third-order valence-electron chi connectivity index (χ3n) is 1.96. The third-order valence-corrected chi connectivity index (χ3v) is 1.96. The van der Waals surface area contributed by atoms with E-state index in [0.717, 1.165) is 38.7 Å². The molecule has 0 fully saturated rings. The molecule has 1 atom stereocenters. The van der Waals surface area contributed by atoms with Crippen LogP contribution in [0.1, 0.15) is 20.3 Å². The van der Waals surface area contributed by atoms with Crippen LogP contribution in [0.2, 0.25) is 0 Å². The standard InChI is InChI=1S/C9H19N3O/c1-3-13-7-6-11-9-10-5-4-8(2)12-9/h8H,3-7H2,1-2H3,(H2,10,11,12). The van der Waals surface area contributed by atoms with Gasteiger partial charge in [0, 0.05) is 25.7 Å². The lowest BCUT2D eigenvalue weighted by molar-refractivity contribution is 0.152.